The summed E-state index contributed by atoms with van der Waals surface area (Å²) in [4.78, 5) is 27.7. The molecule has 27 heavy (non-hydrogen) atoms. The highest BCUT2D eigenvalue weighted by Crippen LogP contribution is 2.20. The summed E-state index contributed by atoms with van der Waals surface area (Å²) in [6.07, 6.45) is 1.70. The third kappa shape index (κ3) is 5.18. The molecule has 8 nitrogen and oxygen atoms in total. The van der Waals surface area contributed by atoms with Gasteiger partial charge >= 0.3 is 5.97 Å². The van der Waals surface area contributed by atoms with Crippen molar-refractivity contribution in [3.63, 3.8) is 0 Å². The largest absolute Gasteiger partial charge is 0.461 e. The Kier molecular flexibility index (Phi) is 5.87. The topological polar surface area (TPSA) is 107 Å². The summed E-state index contributed by atoms with van der Waals surface area (Å²) in [6.45, 7) is 1.46. The van der Waals surface area contributed by atoms with Crippen LogP contribution in [-0.4, -0.2) is 28.6 Å². The average molecular weight is 390 g/mol. The number of nitrogens with zero attached hydrogens (tertiary/aromatic N) is 2. The van der Waals surface area contributed by atoms with Gasteiger partial charge in [-0.25, -0.2) is 0 Å². The molecule has 0 aliphatic heterocycles. The van der Waals surface area contributed by atoms with Crippen LogP contribution in [0.5, 0.6) is 0 Å². The molecule has 0 atom stereocenters. The smallest absolute Gasteiger partial charge is 0.306 e. The molecule has 0 unspecified atom stereocenters. The highest BCUT2D eigenvalue weighted by Gasteiger charge is 2.14. The Bertz CT molecular complexity index is 936. The first kappa shape index (κ1) is 18.7. The quantitative estimate of drug-likeness (QED) is 0.617. The van der Waals surface area contributed by atoms with Gasteiger partial charge in [0.2, 0.25) is 11.7 Å². The molecule has 9 heteroatoms. The molecule has 0 saturated heterocycles. The van der Waals surface area contributed by atoms with Gasteiger partial charge in [0, 0.05) is 17.1 Å². The van der Waals surface area contributed by atoms with Crippen LogP contribution in [0.15, 0.2) is 45.5 Å². The third-order valence-corrected chi connectivity index (χ3v) is 3.98. The molecule has 1 aromatic carbocycles. The van der Waals surface area contributed by atoms with Crippen molar-refractivity contribution in [1.29, 1.82) is 0 Å². The predicted octanol–water partition coefficient (Wildman–Crippen LogP) is 3.41. The summed E-state index contributed by atoms with van der Waals surface area (Å²) in [6, 6.07) is 8.53. The molecule has 0 aliphatic rings. The number of nitrogens with one attached hydrogen (secondary N) is 1. The molecule has 3 aromatic rings. The van der Waals surface area contributed by atoms with Crippen LogP contribution < -0.4 is 5.32 Å². The molecule has 0 spiro atoms. The van der Waals surface area contributed by atoms with Gasteiger partial charge in [-0.3, -0.25) is 9.59 Å². The van der Waals surface area contributed by atoms with Gasteiger partial charge in [-0.1, -0.05) is 22.8 Å². The molecule has 0 aliphatic carbocycles. The fraction of sp³-hybridized carbons (Fsp3) is 0.222. The summed E-state index contributed by atoms with van der Waals surface area (Å²) < 4.78 is 15.1. The van der Waals surface area contributed by atoms with Crippen molar-refractivity contribution >= 4 is 29.2 Å². The Balaban J connectivity index is 1.41. The minimum absolute atomic E-state index is 0.00340. The summed E-state index contributed by atoms with van der Waals surface area (Å²) in [5, 5.41) is 6.91. The molecule has 3 rings (SSSR count). The van der Waals surface area contributed by atoms with Crippen molar-refractivity contribution in [2.24, 2.45) is 0 Å². The lowest BCUT2D eigenvalue weighted by Crippen LogP contribution is -2.21. The van der Waals surface area contributed by atoms with Crippen molar-refractivity contribution in [3.8, 4) is 11.6 Å². The van der Waals surface area contributed by atoms with E-state index in [1.54, 1.807) is 30.3 Å². The van der Waals surface area contributed by atoms with Crippen LogP contribution in [0.3, 0.4) is 0 Å². The zero-order valence-electron chi connectivity index (χ0n) is 14.4. The van der Waals surface area contributed by atoms with Crippen molar-refractivity contribution < 1.29 is 23.3 Å². The Morgan fingerprint density at radius 3 is 2.89 bits per heavy atom. The zero-order valence-corrected chi connectivity index (χ0v) is 15.2. The summed E-state index contributed by atoms with van der Waals surface area (Å²) in [5.41, 5.74) is 1.43. The number of rotatable bonds is 7. The van der Waals surface area contributed by atoms with Crippen molar-refractivity contribution in [1.82, 2.24) is 10.1 Å². The third-order valence-electron chi connectivity index (χ3n) is 3.57. The first-order valence-corrected chi connectivity index (χ1v) is 8.47. The Hall–Kier alpha value is -3.13. The second kappa shape index (κ2) is 8.50. The highest BCUT2D eigenvalue weighted by atomic mass is 35.5. The number of halogens is 1. The Morgan fingerprint density at radius 1 is 1.30 bits per heavy atom. The molecule has 0 bridgehead atoms. The molecule has 2 aromatic heterocycles. The molecule has 1 N–H and O–H groups in total. The van der Waals surface area contributed by atoms with Gasteiger partial charge in [0.1, 0.15) is 0 Å². The fourth-order valence-corrected chi connectivity index (χ4v) is 2.34. The van der Waals surface area contributed by atoms with Crippen molar-refractivity contribution in [2.75, 3.05) is 11.9 Å². The number of aromatic nitrogens is 2. The van der Waals surface area contributed by atoms with Crippen LogP contribution in [0.25, 0.3) is 11.6 Å². The van der Waals surface area contributed by atoms with E-state index in [4.69, 9.17) is 25.3 Å². The highest BCUT2D eigenvalue weighted by molar-refractivity contribution is 6.31. The standard InChI is InChI=1S/C18H16ClN3O5/c1-11-4-5-12(9-13(11)19)20-15(23)10-26-17(24)7-6-16-21-18(22-27-16)14-3-2-8-25-14/h2-5,8-9H,6-7,10H2,1H3,(H,20,23). The van der Waals surface area contributed by atoms with Gasteiger partial charge < -0.3 is 19.0 Å². The molecular weight excluding hydrogens is 374 g/mol. The van der Waals surface area contributed by atoms with E-state index < -0.39 is 18.5 Å². The minimum atomic E-state index is -0.551. The number of anilines is 1. The number of amides is 1. The molecule has 0 radical (unpaired) electrons. The molecule has 1 amide bonds. The van der Waals surface area contributed by atoms with E-state index >= 15 is 0 Å². The van der Waals surface area contributed by atoms with E-state index in [0.717, 1.165) is 5.56 Å². The number of carbonyl (C=O) groups excluding carboxylic acids is 2. The lowest BCUT2D eigenvalue weighted by atomic mass is 10.2. The number of hydrogen-bond donors (Lipinski definition) is 1. The van der Waals surface area contributed by atoms with Gasteiger partial charge in [-0.05, 0) is 36.8 Å². The molecule has 2 heterocycles. The first-order chi connectivity index (χ1) is 13.0. The second-order valence-electron chi connectivity index (χ2n) is 5.66. The summed E-state index contributed by atoms with van der Waals surface area (Å²) in [7, 11) is 0. The maximum absolute atomic E-state index is 11.8. The van der Waals surface area contributed by atoms with Crippen molar-refractivity contribution in [2.45, 2.75) is 19.8 Å². The number of carbonyl (C=O) groups is 2. The van der Waals surface area contributed by atoms with Crippen LogP contribution in [0.4, 0.5) is 5.69 Å². The molecular formula is C18H16ClN3O5. The fourth-order valence-electron chi connectivity index (χ4n) is 2.16. The zero-order chi connectivity index (χ0) is 19.2. The van der Waals surface area contributed by atoms with E-state index in [1.807, 2.05) is 6.92 Å². The lowest BCUT2D eigenvalue weighted by Gasteiger charge is -2.07. The average Bonchev–Trinajstić information content (AvgIpc) is 3.32. The number of esters is 1. The van der Waals surface area contributed by atoms with Crippen molar-refractivity contribution in [3.05, 3.63) is 53.1 Å². The van der Waals surface area contributed by atoms with Crippen LogP contribution in [0.2, 0.25) is 5.02 Å². The van der Waals surface area contributed by atoms with E-state index in [2.05, 4.69) is 15.5 Å². The van der Waals surface area contributed by atoms with E-state index in [9.17, 15) is 9.59 Å². The Labute approximate surface area is 159 Å². The number of aryl methyl sites for hydroxylation is 2. The normalized spacial score (nSPS) is 10.6. The van der Waals surface area contributed by atoms with E-state index in [1.165, 1.54) is 6.26 Å². The van der Waals surface area contributed by atoms with Gasteiger partial charge in [-0.15, -0.1) is 0 Å². The second-order valence-corrected chi connectivity index (χ2v) is 6.07. The van der Waals surface area contributed by atoms with Crippen LogP contribution in [0, 0.1) is 6.92 Å². The lowest BCUT2D eigenvalue weighted by molar-refractivity contribution is -0.147. The van der Waals surface area contributed by atoms with E-state index in [0.29, 0.717) is 22.3 Å². The van der Waals surface area contributed by atoms with Gasteiger partial charge in [0.15, 0.2) is 12.4 Å². The molecule has 0 saturated carbocycles. The van der Waals surface area contributed by atoms with Crippen LogP contribution >= 0.6 is 11.6 Å². The van der Waals surface area contributed by atoms with Gasteiger partial charge in [-0.2, -0.15) is 4.98 Å². The SMILES string of the molecule is Cc1ccc(NC(=O)COC(=O)CCc2nc(-c3ccco3)no2)cc1Cl. The summed E-state index contributed by atoms with van der Waals surface area (Å²) >= 11 is 6.00. The Morgan fingerprint density at radius 2 is 2.15 bits per heavy atom. The first-order valence-electron chi connectivity index (χ1n) is 8.09. The number of ether oxygens (including phenoxy) is 1. The number of benzene rings is 1. The minimum Gasteiger partial charge on any atom is -0.461 e. The monoisotopic (exact) mass is 389 g/mol. The van der Waals surface area contributed by atoms with Gasteiger partial charge in [0.25, 0.3) is 5.91 Å². The van der Waals surface area contributed by atoms with Gasteiger partial charge in [0.05, 0.1) is 12.7 Å². The van der Waals surface area contributed by atoms with Crippen LogP contribution in [0.1, 0.15) is 17.9 Å². The number of hydrogen-bond acceptors (Lipinski definition) is 7. The maximum atomic E-state index is 11.8. The maximum Gasteiger partial charge on any atom is 0.306 e. The predicted molar refractivity (Wildman–Crippen MR) is 96.1 cm³/mol. The van der Waals surface area contributed by atoms with Crippen LogP contribution in [-0.2, 0) is 20.7 Å². The van der Waals surface area contributed by atoms with E-state index in [-0.39, 0.29) is 18.7 Å². The molecule has 140 valence electrons. The summed E-state index contributed by atoms with van der Waals surface area (Å²) in [5.74, 6) is 0.0445. The molecule has 0 fully saturated rings. The number of furan rings is 1.